The van der Waals surface area contributed by atoms with E-state index in [9.17, 15) is 9.59 Å². The van der Waals surface area contributed by atoms with Crippen LogP contribution < -0.4 is 23.7 Å². The number of esters is 1. The van der Waals surface area contributed by atoms with Gasteiger partial charge < -0.3 is 28.4 Å². The maximum absolute atomic E-state index is 13.1. The van der Waals surface area contributed by atoms with Gasteiger partial charge in [0.1, 0.15) is 0 Å². The number of hydrogen-bond donors (Lipinski definition) is 0. The van der Waals surface area contributed by atoms with Crippen molar-refractivity contribution in [3.63, 3.8) is 0 Å². The maximum Gasteiger partial charge on any atom is 0.314 e. The standard InChI is InChI=1S/C23H22O8/c1-11-19(23(25)29-5)20(12-6-17(26-2)22(28-4)18(7-12)27-3)13-8-15-16(31-10-30-15)9-14(13)21(11)24/h6-9,19-20H,1,10H2,2-5H3/t19-,20+/m0/s1. The molecule has 31 heavy (non-hydrogen) atoms. The Hall–Kier alpha value is -3.68. The molecule has 0 radical (unpaired) electrons. The summed E-state index contributed by atoms with van der Waals surface area (Å²) in [6, 6.07) is 6.86. The smallest absolute Gasteiger partial charge is 0.314 e. The summed E-state index contributed by atoms with van der Waals surface area (Å²) in [6.07, 6.45) is 0. The average molecular weight is 426 g/mol. The van der Waals surface area contributed by atoms with Crippen LogP contribution in [0.25, 0.3) is 0 Å². The number of ketones is 1. The van der Waals surface area contributed by atoms with Crippen LogP contribution in [0.4, 0.5) is 0 Å². The van der Waals surface area contributed by atoms with Crippen molar-refractivity contribution in [2.45, 2.75) is 5.92 Å². The Morgan fingerprint density at radius 1 is 0.968 bits per heavy atom. The fourth-order valence-corrected chi connectivity index (χ4v) is 4.16. The molecule has 2 aromatic rings. The normalized spacial score (nSPS) is 19.0. The zero-order chi connectivity index (χ0) is 22.3. The fraction of sp³-hybridized carbons (Fsp3) is 0.304. The molecule has 0 saturated heterocycles. The molecule has 0 saturated carbocycles. The first kappa shape index (κ1) is 20.6. The molecule has 2 aromatic carbocycles. The number of methoxy groups -OCH3 is 4. The quantitative estimate of drug-likeness (QED) is 0.532. The fourth-order valence-electron chi connectivity index (χ4n) is 4.16. The lowest BCUT2D eigenvalue weighted by atomic mass is 9.69. The molecule has 0 unspecified atom stereocenters. The van der Waals surface area contributed by atoms with Gasteiger partial charge in [0.15, 0.2) is 28.8 Å². The number of benzene rings is 2. The summed E-state index contributed by atoms with van der Waals surface area (Å²) in [4.78, 5) is 25.9. The first-order valence-electron chi connectivity index (χ1n) is 9.49. The van der Waals surface area contributed by atoms with E-state index in [2.05, 4.69) is 6.58 Å². The monoisotopic (exact) mass is 426 g/mol. The third-order valence-corrected chi connectivity index (χ3v) is 5.63. The summed E-state index contributed by atoms with van der Waals surface area (Å²) in [5, 5.41) is 0. The highest BCUT2D eigenvalue weighted by atomic mass is 16.7. The predicted octanol–water partition coefficient (Wildman–Crippen LogP) is 3.11. The van der Waals surface area contributed by atoms with Gasteiger partial charge in [0.2, 0.25) is 12.5 Å². The van der Waals surface area contributed by atoms with Gasteiger partial charge in [-0.05, 0) is 35.4 Å². The van der Waals surface area contributed by atoms with Crippen molar-refractivity contribution in [3.8, 4) is 28.7 Å². The molecule has 0 fully saturated rings. The van der Waals surface area contributed by atoms with E-state index in [1.165, 1.54) is 28.4 Å². The largest absolute Gasteiger partial charge is 0.493 e. The van der Waals surface area contributed by atoms with Gasteiger partial charge >= 0.3 is 5.97 Å². The van der Waals surface area contributed by atoms with Crippen LogP contribution in [0.1, 0.15) is 27.4 Å². The number of fused-ring (bicyclic) bond motifs is 2. The van der Waals surface area contributed by atoms with Gasteiger partial charge in [0, 0.05) is 17.1 Å². The van der Waals surface area contributed by atoms with Gasteiger partial charge in [0.25, 0.3) is 0 Å². The number of carbonyl (C=O) groups is 2. The van der Waals surface area contributed by atoms with E-state index in [0.717, 1.165) is 0 Å². The summed E-state index contributed by atoms with van der Waals surface area (Å²) < 4.78 is 32.4. The van der Waals surface area contributed by atoms with Crippen molar-refractivity contribution in [3.05, 3.63) is 53.1 Å². The molecule has 0 amide bonds. The second-order valence-electron chi connectivity index (χ2n) is 7.08. The molecule has 1 aliphatic heterocycles. The molecule has 0 spiro atoms. The lowest BCUT2D eigenvalue weighted by Gasteiger charge is -2.33. The average Bonchev–Trinajstić information content (AvgIpc) is 3.26. The molecule has 1 aliphatic carbocycles. The van der Waals surface area contributed by atoms with Crippen molar-refractivity contribution in [1.29, 1.82) is 0 Å². The topological polar surface area (TPSA) is 89.5 Å². The molecule has 4 rings (SSSR count). The zero-order valence-electron chi connectivity index (χ0n) is 17.6. The molecule has 0 aromatic heterocycles. The minimum absolute atomic E-state index is 0.0582. The Labute approximate surface area is 179 Å². The highest BCUT2D eigenvalue weighted by molar-refractivity contribution is 6.14. The minimum Gasteiger partial charge on any atom is -0.493 e. The van der Waals surface area contributed by atoms with E-state index in [-0.39, 0.29) is 18.1 Å². The van der Waals surface area contributed by atoms with E-state index in [1.807, 2.05) is 0 Å². The third-order valence-electron chi connectivity index (χ3n) is 5.63. The minimum atomic E-state index is -0.937. The van der Waals surface area contributed by atoms with Gasteiger partial charge in [-0.3, -0.25) is 9.59 Å². The van der Waals surface area contributed by atoms with Crippen molar-refractivity contribution in [2.24, 2.45) is 5.92 Å². The van der Waals surface area contributed by atoms with E-state index >= 15 is 0 Å². The molecule has 2 atom stereocenters. The second-order valence-corrected chi connectivity index (χ2v) is 7.08. The molecular formula is C23H22O8. The number of rotatable bonds is 5. The summed E-state index contributed by atoms with van der Waals surface area (Å²) >= 11 is 0. The predicted molar refractivity (Wildman–Crippen MR) is 109 cm³/mol. The van der Waals surface area contributed by atoms with E-state index in [1.54, 1.807) is 24.3 Å². The molecule has 2 aliphatic rings. The highest BCUT2D eigenvalue weighted by Crippen LogP contribution is 2.50. The van der Waals surface area contributed by atoms with E-state index in [4.69, 9.17) is 28.4 Å². The molecule has 0 bridgehead atoms. The number of carbonyl (C=O) groups excluding carboxylic acids is 2. The van der Waals surface area contributed by atoms with E-state index in [0.29, 0.717) is 45.4 Å². The Morgan fingerprint density at radius 3 is 2.13 bits per heavy atom. The molecular weight excluding hydrogens is 404 g/mol. The molecule has 162 valence electrons. The summed E-state index contributed by atoms with van der Waals surface area (Å²) in [6.45, 7) is 3.98. The lowest BCUT2D eigenvalue weighted by molar-refractivity contribution is -0.144. The van der Waals surface area contributed by atoms with Crippen LogP contribution in [0, 0.1) is 5.92 Å². The zero-order valence-corrected chi connectivity index (χ0v) is 17.6. The van der Waals surface area contributed by atoms with Gasteiger partial charge in [-0.15, -0.1) is 0 Å². The Balaban J connectivity index is 2.00. The Bertz CT molecular complexity index is 1060. The SMILES string of the molecule is C=C1C(=O)c2cc3c(cc2[C@@H](c2cc(OC)c(OC)c(OC)c2)[C@H]1C(=O)OC)OCO3. The van der Waals surface area contributed by atoms with Crippen LogP contribution in [0.15, 0.2) is 36.4 Å². The van der Waals surface area contributed by atoms with Gasteiger partial charge in [-0.2, -0.15) is 0 Å². The summed E-state index contributed by atoms with van der Waals surface area (Å²) in [5.74, 6) is -0.215. The number of Topliss-reactive ketones (excluding diaryl/α,β-unsaturated/α-hetero) is 1. The third kappa shape index (κ3) is 3.15. The van der Waals surface area contributed by atoms with Crippen LogP contribution in [-0.4, -0.2) is 47.0 Å². The molecule has 1 heterocycles. The van der Waals surface area contributed by atoms with E-state index < -0.39 is 17.8 Å². The van der Waals surface area contributed by atoms with Gasteiger partial charge in [0.05, 0.1) is 34.4 Å². The van der Waals surface area contributed by atoms with Crippen LogP contribution in [-0.2, 0) is 9.53 Å². The highest BCUT2D eigenvalue weighted by Gasteiger charge is 2.44. The first-order valence-corrected chi connectivity index (χ1v) is 9.49. The van der Waals surface area contributed by atoms with Gasteiger partial charge in [-0.25, -0.2) is 0 Å². The van der Waals surface area contributed by atoms with Crippen molar-refractivity contribution < 1.29 is 38.0 Å². The molecule has 8 nitrogen and oxygen atoms in total. The Morgan fingerprint density at radius 2 is 1.58 bits per heavy atom. The molecule has 0 N–H and O–H groups in total. The Kier molecular flexibility index (Phi) is 5.22. The van der Waals surface area contributed by atoms with Crippen LogP contribution >= 0.6 is 0 Å². The molecule has 8 heteroatoms. The van der Waals surface area contributed by atoms with Crippen LogP contribution in [0.3, 0.4) is 0 Å². The maximum atomic E-state index is 13.1. The lowest BCUT2D eigenvalue weighted by Crippen LogP contribution is -2.34. The van der Waals surface area contributed by atoms with Crippen molar-refractivity contribution in [2.75, 3.05) is 35.2 Å². The van der Waals surface area contributed by atoms with Crippen LogP contribution in [0.5, 0.6) is 28.7 Å². The van der Waals surface area contributed by atoms with Crippen LogP contribution in [0.2, 0.25) is 0 Å². The number of ether oxygens (including phenoxy) is 6. The number of hydrogen-bond acceptors (Lipinski definition) is 8. The second kappa shape index (κ2) is 7.86. The van der Waals surface area contributed by atoms with Gasteiger partial charge in [-0.1, -0.05) is 6.58 Å². The van der Waals surface area contributed by atoms with Crippen molar-refractivity contribution >= 4 is 11.8 Å². The first-order chi connectivity index (χ1) is 14.9. The van der Waals surface area contributed by atoms with Crippen molar-refractivity contribution in [1.82, 2.24) is 0 Å². The summed E-state index contributed by atoms with van der Waals surface area (Å²) in [5.41, 5.74) is 1.80. The summed E-state index contributed by atoms with van der Waals surface area (Å²) in [7, 11) is 5.80.